The van der Waals surface area contributed by atoms with Gasteiger partial charge in [0.05, 0.1) is 16.8 Å². The van der Waals surface area contributed by atoms with Gasteiger partial charge in [0.1, 0.15) is 0 Å². The number of carbonyl (C=O) groups is 2. The molecule has 3 aromatic rings. The van der Waals surface area contributed by atoms with Gasteiger partial charge in [0.2, 0.25) is 0 Å². The maximum absolute atomic E-state index is 13.0. The summed E-state index contributed by atoms with van der Waals surface area (Å²) in [5.74, 6) is -0.619. The van der Waals surface area contributed by atoms with Crippen molar-refractivity contribution in [2.75, 3.05) is 19.7 Å². The van der Waals surface area contributed by atoms with Crippen LogP contribution < -0.4 is 0 Å². The third-order valence-corrected chi connectivity index (χ3v) is 5.17. The van der Waals surface area contributed by atoms with Crippen LogP contribution in [-0.4, -0.2) is 41.5 Å². The van der Waals surface area contributed by atoms with E-state index in [4.69, 9.17) is 9.72 Å². The molecule has 0 unspecified atom stereocenters. The van der Waals surface area contributed by atoms with Crippen LogP contribution in [0.2, 0.25) is 0 Å². The zero-order valence-corrected chi connectivity index (χ0v) is 15.9. The number of hydrogen-bond donors (Lipinski definition) is 0. The van der Waals surface area contributed by atoms with Crippen LogP contribution >= 0.6 is 0 Å². The van der Waals surface area contributed by atoms with Crippen LogP contribution in [-0.2, 0) is 9.53 Å². The lowest BCUT2D eigenvalue weighted by Crippen LogP contribution is -2.32. The van der Waals surface area contributed by atoms with E-state index in [1.807, 2.05) is 61.5 Å². The Morgan fingerprint density at radius 1 is 1.00 bits per heavy atom. The molecule has 28 heavy (non-hydrogen) atoms. The molecule has 2 aromatic carbocycles. The quantitative estimate of drug-likeness (QED) is 0.648. The van der Waals surface area contributed by atoms with Gasteiger partial charge in [-0.05, 0) is 31.4 Å². The Balaban J connectivity index is 1.69. The molecule has 0 saturated carbocycles. The smallest absolute Gasteiger partial charge is 0.339 e. The van der Waals surface area contributed by atoms with Crippen molar-refractivity contribution in [3.63, 3.8) is 0 Å². The number of fused-ring (bicyclic) bond motifs is 1. The standard InChI is InChI=1S/C23H22N2O3/c1-16-21(23(27)28-15-20(26)25-13-7-8-14-25)18-11-5-6-12-19(18)24-22(16)17-9-3-2-4-10-17/h2-6,9-12H,7-8,13-15H2,1H3. The summed E-state index contributed by atoms with van der Waals surface area (Å²) in [6.07, 6.45) is 2.02. The molecule has 0 N–H and O–H groups in total. The number of hydrogen-bond acceptors (Lipinski definition) is 4. The van der Waals surface area contributed by atoms with Crippen molar-refractivity contribution in [2.45, 2.75) is 19.8 Å². The predicted molar refractivity (Wildman–Crippen MR) is 108 cm³/mol. The highest BCUT2D eigenvalue weighted by atomic mass is 16.5. The summed E-state index contributed by atoms with van der Waals surface area (Å²) < 4.78 is 5.42. The lowest BCUT2D eigenvalue weighted by atomic mass is 9.98. The highest BCUT2D eigenvalue weighted by Gasteiger charge is 2.23. The molecule has 1 aliphatic heterocycles. The molecule has 1 fully saturated rings. The van der Waals surface area contributed by atoms with Crippen molar-refractivity contribution < 1.29 is 14.3 Å². The van der Waals surface area contributed by atoms with Crippen LogP contribution in [0.5, 0.6) is 0 Å². The summed E-state index contributed by atoms with van der Waals surface area (Å²) in [5, 5.41) is 0.735. The molecule has 1 amide bonds. The summed E-state index contributed by atoms with van der Waals surface area (Å²) in [7, 11) is 0. The molecule has 0 radical (unpaired) electrons. The average Bonchev–Trinajstić information content (AvgIpc) is 3.27. The van der Waals surface area contributed by atoms with Gasteiger partial charge < -0.3 is 9.64 Å². The van der Waals surface area contributed by atoms with Gasteiger partial charge >= 0.3 is 5.97 Å². The summed E-state index contributed by atoms with van der Waals surface area (Å²) in [4.78, 5) is 31.7. The fourth-order valence-electron chi connectivity index (χ4n) is 3.70. The van der Waals surface area contributed by atoms with E-state index in [2.05, 4.69) is 0 Å². The van der Waals surface area contributed by atoms with E-state index in [0.717, 1.165) is 53.7 Å². The van der Waals surface area contributed by atoms with Crippen LogP contribution in [0.4, 0.5) is 0 Å². The zero-order chi connectivity index (χ0) is 19.5. The van der Waals surface area contributed by atoms with Crippen molar-refractivity contribution in [1.82, 2.24) is 9.88 Å². The second-order valence-corrected chi connectivity index (χ2v) is 7.01. The fraction of sp³-hybridized carbons (Fsp3) is 0.261. The van der Waals surface area contributed by atoms with Gasteiger partial charge in [-0.1, -0.05) is 48.5 Å². The molecule has 0 spiro atoms. The number of nitrogens with zero attached hydrogens (tertiary/aromatic N) is 2. The van der Waals surface area contributed by atoms with Crippen molar-refractivity contribution in [2.24, 2.45) is 0 Å². The molecule has 5 heteroatoms. The maximum Gasteiger partial charge on any atom is 0.339 e. The first-order valence-electron chi connectivity index (χ1n) is 9.55. The minimum Gasteiger partial charge on any atom is -0.452 e. The van der Waals surface area contributed by atoms with Gasteiger partial charge in [0.15, 0.2) is 6.61 Å². The Hall–Kier alpha value is -3.21. The van der Waals surface area contributed by atoms with Crippen molar-refractivity contribution in [3.05, 3.63) is 65.7 Å². The number of amides is 1. The average molecular weight is 374 g/mol. The number of ether oxygens (including phenoxy) is 1. The van der Waals surface area contributed by atoms with Gasteiger partial charge in [-0.2, -0.15) is 0 Å². The molecule has 1 saturated heterocycles. The number of carbonyl (C=O) groups excluding carboxylic acids is 2. The van der Waals surface area contributed by atoms with Crippen LogP contribution in [0.1, 0.15) is 28.8 Å². The zero-order valence-electron chi connectivity index (χ0n) is 15.9. The van der Waals surface area contributed by atoms with Crippen LogP contribution in [0.3, 0.4) is 0 Å². The van der Waals surface area contributed by atoms with Gasteiger partial charge in [-0.15, -0.1) is 0 Å². The van der Waals surface area contributed by atoms with Crippen LogP contribution in [0.15, 0.2) is 54.6 Å². The lowest BCUT2D eigenvalue weighted by molar-refractivity contribution is -0.133. The molecular weight excluding hydrogens is 352 g/mol. The van der Waals surface area contributed by atoms with Crippen molar-refractivity contribution >= 4 is 22.8 Å². The normalized spacial score (nSPS) is 13.7. The van der Waals surface area contributed by atoms with Crippen LogP contribution in [0.25, 0.3) is 22.2 Å². The summed E-state index contributed by atoms with van der Waals surface area (Å²) in [6, 6.07) is 17.3. The molecule has 1 aromatic heterocycles. The molecule has 142 valence electrons. The highest BCUT2D eigenvalue weighted by molar-refractivity contribution is 6.06. The van der Waals surface area contributed by atoms with E-state index in [-0.39, 0.29) is 12.5 Å². The highest BCUT2D eigenvalue weighted by Crippen LogP contribution is 2.30. The molecule has 1 aliphatic rings. The molecular formula is C23H22N2O3. The number of rotatable bonds is 4. The number of para-hydroxylation sites is 1. The van der Waals surface area contributed by atoms with E-state index in [1.165, 1.54) is 0 Å². The van der Waals surface area contributed by atoms with E-state index in [1.54, 1.807) is 4.90 Å². The molecule has 5 nitrogen and oxygen atoms in total. The number of esters is 1. The molecule has 0 atom stereocenters. The Bertz CT molecular complexity index is 1020. The minimum atomic E-state index is -0.485. The summed E-state index contributed by atoms with van der Waals surface area (Å²) in [5.41, 5.74) is 3.64. The van der Waals surface area contributed by atoms with Gasteiger partial charge in [-0.3, -0.25) is 4.79 Å². The fourth-order valence-corrected chi connectivity index (χ4v) is 3.70. The summed E-state index contributed by atoms with van der Waals surface area (Å²) >= 11 is 0. The van der Waals surface area contributed by atoms with E-state index < -0.39 is 5.97 Å². The molecule has 0 aliphatic carbocycles. The molecule has 4 rings (SSSR count). The summed E-state index contributed by atoms with van der Waals surface area (Å²) in [6.45, 7) is 3.13. The number of benzene rings is 2. The monoisotopic (exact) mass is 374 g/mol. The Labute approximate surface area is 163 Å². The van der Waals surface area contributed by atoms with Gasteiger partial charge in [-0.25, -0.2) is 9.78 Å². The van der Waals surface area contributed by atoms with Gasteiger partial charge in [0, 0.05) is 24.0 Å². The minimum absolute atomic E-state index is 0.134. The number of likely N-dealkylation sites (tertiary alicyclic amines) is 1. The first-order valence-corrected chi connectivity index (χ1v) is 9.55. The van der Waals surface area contributed by atoms with E-state index in [0.29, 0.717) is 5.56 Å². The third-order valence-electron chi connectivity index (χ3n) is 5.17. The Morgan fingerprint density at radius 3 is 2.43 bits per heavy atom. The van der Waals surface area contributed by atoms with E-state index in [9.17, 15) is 9.59 Å². The first kappa shape index (κ1) is 18.2. The number of pyridine rings is 1. The Kier molecular flexibility index (Phi) is 5.06. The number of aromatic nitrogens is 1. The first-order chi connectivity index (χ1) is 13.6. The van der Waals surface area contributed by atoms with E-state index >= 15 is 0 Å². The molecule has 0 bridgehead atoms. The molecule has 2 heterocycles. The second-order valence-electron chi connectivity index (χ2n) is 7.01. The van der Waals surface area contributed by atoms with Crippen LogP contribution in [0, 0.1) is 6.92 Å². The Morgan fingerprint density at radius 2 is 1.68 bits per heavy atom. The third kappa shape index (κ3) is 3.48. The topological polar surface area (TPSA) is 59.5 Å². The predicted octanol–water partition coefficient (Wildman–Crippen LogP) is 3.99. The largest absolute Gasteiger partial charge is 0.452 e. The maximum atomic E-state index is 13.0. The van der Waals surface area contributed by atoms with Crippen molar-refractivity contribution in [3.8, 4) is 11.3 Å². The SMILES string of the molecule is Cc1c(-c2ccccc2)nc2ccccc2c1C(=O)OCC(=O)N1CCCC1. The van der Waals surface area contributed by atoms with Gasteiger partial charge in [0.25, 0.3) is 5.91 Å². The second kappa shape index (κ2) is 7.80. The lowest BCUT2D eigenvalue weighted by Gasteiger charge is -2.17. The van der Waals surface area contributed by atoms with Crippen molar-refractivity contribution in [1.29, 1.82) is 0 Å².